The van der Waals surface area contributed by atoms with E-state index in [0.29, 0.717) is 18.8 Å². The van der Waals surface area contributed by atoms with E-state index in [9.17, 15) is 13.2 Å². The van der Waals surface area contributed by atoms with Crippen molar-refractivity contribution in [2.75, 3.05) is 13.7 Å². The first-order chi connectivity index (χ1) is 9.50. The Morgan fingerprint density at radius 2 is 2.25 bits per heavy atom. The Hall–Kier alpha value is -1.01. The Kier molecular flexibility index (Phi) is 5.10. The van der Waals surface area contributed by atoms with Gasteiger partial charge in [-0.3, -0.25) is 0 Å². The standard InChI is InChI=1S/C14H20F3NO2/c1-19-9-12(13-6-3-7-20-13)18-11-5-2-4-10(8-11)14(15,16)17/h3,6-7,10-12,18H,2,4-5,8-9H2,1H3. The van der Waals surface area contributed by atoms with E-state index >= 15 is 0 Å². The van der Waals surface area contributed by atoms with E-state index in [2.05, 4.69) is 5.32 Å². The van der Waals surface area contributed by atoms with Crippen LogP contribution in [0.5, 0.6) is 0 Å². The van der Waals surface area contributed by atoms with Gasteiger partial charge < -0.3 is 14.5 Å². The van der Waals surface area contributed by atoms with E-state index in [-0.39, 0.29) is 24.9 Å². The van der Waals surface area contributed by atoms with Crippen molar-refractivity contribution in [3.8, 4) is 0 Å². The van der Waals surface area contributed by atoms with E-state index in [1.165, 1.54) is 0 Å². The first-order valence-electron chi connectivity index (χ1n) is 6.85. The second-order valence-electron chi connectivity index (χ2n) is 5.29. The summed E-state index contributed by atoms with van der Waals surface area (Å²) < 4.78 is 48.8. The molecule has 1 N–H and O–H groups in total. The molecule has 0 radical (unpaired) electrons. The van der Waals surface area contributed by atoms with Gasteiger partial charge in [-0.1, -0.05) is 6.42 Å². The Bertz CT molecular complexity index is 392. The molecule has 0 aromatic carbocycles. The number of furan rings is 1. The maximum Gasteiger partial charge on any atom is 0.391 e. The quantitative estimate of drug-likeness (QED) is 0.898. The van der Waals surface area contributed by atoms with Crippen molar-refractivity contribution < 1.29 is 22.3 Å². The molecular weight excluding hydrogens is 271 g/mol. The van der Waals surface area contributed by atoms with Gasteiger partial charge in [0.1, 0.15) is 5.76 Å². The van der Waals surface area contributed by atoms with Crippen molar-refractivity contribution >= 4 is 0 Å². The predicted octanol–water partition coefficient (Wildman–Crippen LogP) is 3.68. The summed E-state index contributed by atoms with van der Waals surface area (Å²) in [6.45, 7) is 0.376. The van der Waals surface area contributed by atoms with E-state index in [1.54, 1.807) is 25.5 Å². The first-order valence-corrected chi connectivity index (χ1v) is 6.85. The van der Waals surface area contributed by atoms with Crippen LogP contribution in [0.3, 0.4) is 0 Å². The minimum atomic E-state index is -4.10. The van der Waals surface area contributed by atoms with Crippen molar-refractivity contribution in [1.29, 1.82) is 0 Å². The smallest absolute Gasteiger partial charge is 0.391 e. The van der Waals surface area contributed by atoms with Crippen LogP contribution in [0.15, 0.2) is 22.8 Å². The molecule has 1 aliphatic carbocycles. The number of hydrogen-bond acceptors (Lipinski definition) is 3. The fourth-order valence-electron chi connectivity index (χ4n) is 2.79. The van der Waals surface area contributed by atoms with E-state index in [1.807, 2.05) is 0 Å². The summed E-state index contributed by atoms with van der Waals surface area (Å²) in [6.07, 6.45) is -0.824. The van der Waals surface area contributed by atoms with Crippen LogP contribution in [0.2, 0.25) is 0 Å². The van der Waals surface area contributed by atoms with E-state index in [4.69, 9.17) is 9.15 Å². The van der Waals surface area contributed by atoms with Crippen molar-refractivity contribution in [1.82, 2.24) is 5.32 Å². The molecule has 0 saturated heterocycles. The zero-order valence-electron chi connectivity index (χ0n) is 11.5. The normalized spacial score (nSPS) is 25.6. The van der Waals surface area contributed by atoms with Gasteiger partial charge in [-0.05, 0) is 31.4 Å². The van der Waals surface area contributed by atoms with Gasteiger partial charge in [0.05, 0.1) is 24.8 Å². The third kappa shape index (κ3) is 3.99. The maximum atomic E-state index is 12.8. The highest BCUT2D eigenvalue weighted by Crippen LogP contribution is 2.38. The monoisotopic (exact) mass is 291 g/mol. The number of alkyl halides is 3. The van der Waals surface area contributed by atoms with E-state index < -0.39 is 12.1 Å². The lowest BCUT2D eigenvalue weighted by Crippen LogP contribution is -2.41. The number of halogens is 3. The van der Waals surface area contributed by atoms with Gasteiger partial charge in [-0.15, -0.1) is 0 Å². The highest BCUT2D eigenvalue weighted by atomic mass is 19.4. The second-order valence-corrected chi connectivity index (χ2v) is 5.29. The highest BCUT2D eigenvalue weighted by molar-refractivity contribution is 5.05. The lowest BCUT2D eigenvalue weighted by Gasteiger charge is -2.33. The molecule has 2 rings (SSSR count). The van der Waals surface area contributed by atoms with Crippen molar-refractivity contribution in [2.45, 2.75) is 43.9 Å². The molecule has 1 saturated carbocycles. The Morgan fingerprint density at radius 1 is 1.45 bits per heavy atom. The molecule has 3 atom stereocenters. The van der Waals surface area contributed by atoms with Crippen LogP contribution in [-0.2, 0) is 4.74 Å². The summed E-state index contributed by atoms with van der Waals surface area (Å²) in [6, 6.07) is 3.22. The minimum absolute atomic E-state index is 0.129. The summed E-state index contributed by atoms with van der Waals surface area (Å²) in [5, 5.41) is 3.24. The fourth-order valence-corrected chi connectivity index (χ4v) is 2.79. The third-order valence-corrected chi connectivity index (χ3v) is 3.79. The Labute approximate surface area is 116 Å². The van der Waals surface area contributed by atoms with Crippen molar-refractivity contribution in [2.24, 2.45) is 5.92 Å². The van der Waals surface area contributed by atoms with Crippen LogP contribution in [-0.4, -0.2) is 25.9 Å². The molecule has 6 heteroatoms. The van der Waals surface area contributed by atoms with Gasteiger partial charge in [0.25, 0.3) is 0 Å². The van der Waals surface area contributed by atoms with Gasteiger partial charge in [-0.2, -0.15) is 13.2 Å². The predicted molar refractivity (Wildman–Crippen MR) is 68.3 cm³/mol. The highest BCUT2D eigenvalue weighted by Gasteiger charge is 2.42. The molecule has 3 nitrogen and oxygen atoms in total. The topological polar surface area (TPSA) is 34.4 Å². The molecule has 1 fully saturated rings. The molecule has 20 heavy (non-hydrogen) atoms. The number of methoxy groups -OCH3 is 1. The molecule has 1 aromatic rings. The first kappa shape index (κ1) is 15.4. The summed E-state index contributed by atoms with van der Waals surface area (Å²) in [5.41, 5.74) is 0. The average Bonchev–Trinajstić information content (AvgIpc) is 2.91. The summed E-state index contributed by atoms with van der Waals surface area (Å²) >= 11 is 0. The Morgan fingerprint density at radius 3 is 2.85 bits per heavy atom. The SMILES string of the molecule is COCC(NC1CCCC(C(F)(F)F)C1)c1ccco1. The summed E-state index contributed by atoms with van der Waals surface area (Å²) in [7, 11) is 1.57. The lowest BCUT2D eigenvalue weighted by molar-refractivity contribution is -0.184. The van der Waals surface area contributed by atoms with Crippen molar-refractivity contribution in [3.05, 3.63) is 24.2 Å². The number of ether oxygens (including phenoxy) is 1. The maximum absolute atomic E-state index is 12.8. The lowest BCUT2D eigenvalue weighted by atomic mass is 9.85. The molecule has 0 aliphatic heterocycles. The van der Waals surface area contributed by atoms with Gasteiger partial charge in [0, 0.05) is 13.2 Å². The molecule has 3 unspecified atom stereocenters. The Balaban J connectivity index is 1.96. The van der Waals surface area contributed by atoms with Crippen LogP contribution in [0.25, 0.3) is 0 Å². The molecule has 1 aliphatic rings. The molecule has 114 valence electrons. The molecular formula is C14H20F3NO2. The largest absolute Gasteiger partial charge is 0.468 e. The van der Waals surface area contributed by atoms with Crippen LogP contribution >= 0.6 is 0 Å². The summed E-state index contributed by atoms with van der Waals surface area (Å²) in [4.78, 5) is 0. The zero-order chi connectivity index (χ0) is 14.6. The molecule has 1 heterocycles. The van der Waals surface area contributed by atoms with Gasteiger partial charge in [0.15, 0.2) is 0 Å². The second kappa shape index (κ2) is 6.63. The van der Waals surface area contributed by atoms with E-state index in [0.717, 1.165) is 6.42 Å². The van der Waals surface area contributed by atoms with Crippen molar-refractivity contribution in [3.63, 3.8) is 0 Å². The zero-order valence-corrected chi connectivity index (χ0v) is 11.5. The third-order valence-electron chi connectivity index (χ3n) is 3.79. The van der Waals surface area contributed by atoms with Crippen LogP contribution in [0.4, 0.5) is 13.2 Å². The minimum Gasteiger partial charge on any atom is -0.468 e. The van der Waals surface area contributed by atoms with Gasteiger partial charge in [-0.25, -0.2) is 0 Å². The number of nitrogens with one attached hydrogen (secondary N) is 1. The number of hydrogen-bond donors (Lipinski definition) is 1. The van der Waals surface area contributed by atoms with Gasteiger partial charge >= 0.3 is 6.18 Å². The fraction of sp³-hybridized carbons (Fsp3) is 0.714. The molecule has 1 aromatic heterocycles. The average molecular weight is 291 g/mol. The summed E-state index contributed by atoms with van der Waals surface area (Å²) in [5.74, 6) is -0.505. The molecule has 0 spiro atoms. The van der Waals surface area contributed by atoms with Crippen LogP contribution in [0, 0.1) is 5.92 Å². The molecule has 0 bridgehead atoms. The van der Waals surface area contributed by atoms with Crippen LogP contribution in [0.1, 0.15) is 37.5 Å². The number of rotatable bonds is 5. The van der Waals surface area contributed by atoms with Crippen LogP contribution < -0.4 is 5.32 Å². The molecule has 0 amide bonds. The van der Waals surface area contributed by atoms with Gasteiger partial charge in [0.2, 0.25) is 0 Å².